The first-order valence-electron chi connectivity index (χ1n) is 13.2. The zero-order valence-electron chi connectivity index (χ0n) is 24.2. The summed E-state index contributed by atoms with van der Waals surface area (Å²) in [6.45, 7) is 8.38. The first-order chi connectivity index (χ1) is 18.4. The molecule has 0 bridgehead atoms. The molecule has 1 unspecified atom stereocenters. The molecule has 0 saturated carbocycles. The molecule has 1 aliphatic heterocycles. The molecule has 40 heavy (non-hydrogen) atoms. The predicted molar refractivity (Wildman–Crippen MR) is 149 cm³/mol. The van der Waals surface area contributed by atoms with Crippen molar-refractivity contribution in [3.63, 3.8) is 0 Å². The number of Topliss-reactive ketones (excluding diaryl/α,β-unsaturated/α-hetero) is 1. The Morgan fingerprint density at radius 1 is 1.25 bits per heavy atom. The molecule has 0 spiro atoms. The molecular weight excluding hydrogens is 545 g/mol. The minimum Gasteiger partial charge on any atom is -0.457 e. The number of aliphatic hydroxyl groups is 2. The monoisotopic (exact) mass is 586 g/mol. The normalized spacial score (nSPS) is 30.1. The lowest BCUT2D eigenvalue weighted by Crippen LogP contribution is -2.45. The third kappa shape index (κ3) is 9.36. The number of thiazole rings is 1. The summed E-state index contributed by atoms with van der Waals surface area (Å²) in [6.07, 6.45) is -4.07. The standard InChI is InChI=1S/C29H41F3N2O5S/c1-17-9-8-10-20(29(30,31)32)11-12-22(18(2)13-21-16-40-24(33-21)15-34(6)7)39-25(36)14-23(35)28(4,5)27(38)19(3)26(17)37/h8-9,11,13,16-17,19,22-23,26,35,37H,10,12,14-15H2,1-7H3/b9-8+,18-13+,20-11+/t17-,19+,22?,23-,26-/m0/s1. The van der Waals surface area contributed by atoms with Gasteiger partial charge < -0.3 is 19.8 Å². The number of allylic oxidation sites excluding steroid dienone is 2. The summed E-state index contributed by atoms with van der Waals surface area (Å²) in [7, 11) is 3.82. The lowest BCUT2D eigenvalue weighted by Gasteiger charge is -2.34. The van der Waals surface area contributed by atoms with Crippen molar-refractivity contribution in [3.05, 3.63) is 45.5 Å². The van der Waals surface area contributed by atoms with Crippen LogP contribution in [0.4, 0.5) is 13.2 Å². The molecule has 7 nitrogen and oxygen atoms in total. The maximum absolute atomic E-state index is 13.9. The molecule has 0 aliphatic carbocycles. The number of carbonyl (C=O) groups is 2. The van der Waals surface area contributed by atoms with Crippen molar-refractivity contribution in [2.75, 3.05) is 14.1 Å². The Bertz CT molecular complexity index is 1120. The molecule has 0 aromatic carbocycles. The summed E-state index contributed by atoms with van der Waals surface area (Å²) in [6, 6.07) is 0. The average molecular weight is 587 g/mol. The van der Waals surface area contributed by atoms with Crippen molar-refractivity contribution in [1.82, 2.24) is 9.88 Å². The minimum atomic E-state index is -4.62. The van der Waals surface area contributed by atoms with E-state index < -0.39 is 71.9 Å². The third-order valence-electron chi connectivity index (χ3n) is 7.19. The highest BCUT2D eigenvalue weighted by atomic mass is 32.1. The molecule has 2 heterocycles. The highest BCUT2D eigenvalue weighted by molar-refractivity contribution is 7.09. The van der Waals surface area contributed by atoms with Gasteiger partial charge in [0, 0.05) is 35.8 Å². The van der Waals surface area contributed by atoms with Gasteiger partial charge in [-0.15, -0.1) is 11.3 Å². The summed E-state index contributed by atoms with van der Waals surface area (Å²) in [5, 5.41) is 24.2. The van der Waals surface area contributed by atoms with Crippen LogP contribution in [0.5, 0.6) is 0 Å². The number of alkyl halides is 3. The van der Waals surface area contributed by atoms with Crippen LogP contribution in [0.2, 0.25) is 0 Å². The number of hydrogen-bond acceptors (Lipinski definition) is 8. The minimum absolute atomic E-state index is 0.251. The van der Waals surface area contributed by atoms with E-state index in [0.29, 0.717) is 17.8 Å². The number of ether oxygens (including phenoxy) is 1. The van der Waals surface area contributed by atoms with Gasteiger partial charge in [0.2, 0.25) is 0 Å². The molecule has 1 aliphatic rings. The van der Waals surface area contributed by atoms with Crippen LogP contribution in [0.25, 0.3) is 6.08 Å². The van der Waals surface area contributed by atoms with Gasteiger partial charge in [0.25, 0.3) is 0 Å². The lowest BCUT2D eigenvalue weighted by molar-refractivity contribution is -0.154. The van der Waals surface area contributed by atoms with Gasteiger partial charge in [-0.3, -0.25) is 9.59 Å². The quantitative estimate of drug-likeness (QED) is 0.363. The molecule has 0 radical (unpaired) electrons. The number of esters is 1. The van der Waals surface area contributed by atoms with Gasteiger partial charge in [-0.1, -0.05) is 45.9 Å². The maximum Gasteiger partial charge on any atom is 0.412 e. The van der Waals surface area contributed by atoms with Gasteiger partial charge in [-0.25, -0.2) is 4.98 Å². The molecule has 2 rings (SSSR count). The van der Waals surface area contributed by atoms with Crippen LogP contribution in [-0.2, 0) is 20.9 Å². The van der Waals surface area contributed by atoms with E-state index >= 15 is 0 Å². The summed E-state index contributed by atoms with van der Waals surface area (Å²) in [5.74, 6) is -2.87. The summed E-state index contributed by atoms with van der Waals surface area (Å²) >= 11 is 1.44. The average Bonchev–Trinajstić information content (AvgIpc) is 3.27. The zero-order chi connectivity index (χ0) is 30.4. The molecule has 1 aromatic heterocycles. The Balaban J connectivity index is 2.49. The van der Waals surface area contributed by atoms with Gasteiger partial charge in [-0.05, 0) is 39.1 Å². The first kappa shape index (κ1) is 33.9. The van der Waals surface area contributed by atoms with Crippen molar-refractivity contribution < 1.29 is 37.7 Å². The van der Waals surface area contributed by atoms with E-state index in [9.17, 15) is 33.0 Å². The van der Waals surface area contributed by atoms with E-state index in [1.165, 1.54) is 44.3 Å². The van der Waals surface area contributed by atoms with Crippen LogP contribution in [0.15, 0.2) is 34.8 Å². The van der Waals surface area contributed by atoms with Crippen LogP contribution in [0.3, 0.4) is 0 Å². The van der Waals surface area contributed by atoms with E-state index in [-0.39, 0.29) is 6.42 Å². The SMILES string of the molecule is C/C(=C\c1csc(CN(C)C)n1)C1C/C=C(/C(F)(F)F)C/C=C/[C@H](C)[C@H](O)[C@@H](C)C(=O)C(C)(C)[C@@H](O)CC(=O)O1. The van der Waals surface area contributed by atoms with Crippen LogP contribution < -0.4 is 0 Å². The number of nitrogens with zero attached hydrogens (tertiary/aromatic N) is 2. The largest absolute Gasteiger partial charge is 0.457 e. The number of cyclic esters (lactones) is 1. The van der Waals surface area contributed by atoms with Gasteiger partial charge in [-0.2, -0.15) is 13.2 Å². The molecule has 0 saturated heterocycles. The second-order valence-electron chi connectivity index (χ2n) is 11.3. The third-order valence-corrected chi connectivity index (χ3v) is 8.04. The summed E-state index contributed by atoms with van der Waals surface area (Å²) < 4.78 is 47.1. The van der Waals surface area contributed by atoms with E-state index in [0.717, 1.165) is 11.1 Å². The molecule has 5 atom stereocenters. The fourth-order valence-corrected chi connectivity index (χ4v) is 5.32. The van der Waals surface area contributed by atoms with E-state index in [1.54, 1.807) is 19.9 Å². The van der Waals surface area contributed by atoms with Crippen molar-refractivity contribution in [2.45, 2.75) is 84.9 Å². The molecule has 0 fully saturated rings. The lowest BCUT2D eigenvalue weighted by atomic mass is 9.73. The highest BCUT2D eigenvalue weighted by Gasteiger charge is 2.42. The second-order valence-corrected chi connectivity index (χ2v) is 12.3. The predicted octanol–water partition coefficient (Wildman–Crippen LogP) is 5.34. The van der Waals surface area contributed by atoms with E-state index in [2.05, 4.69) is 4.98 Å². The number of ketones is 1. The molecular formula is C29H41F3N2O5S. The Kier molecular flexibility index (Phi) is 11.9. The van der Waals surface area contributed by atoms with Gasteiger partial charge in [0.05, 0.1) is 29.7 Å². The van der Waals surface area contributed by atoms with Crippen molar-refractivity contribution in [1.29, 1.82) is 0 Å². The van der Waals surface area contributed by atoms with Crippen molar-refractivity contribution in [2.24, 2.45) is 17.3 Å². The molecule has 0 amide bonds. The highest BCUT2D eigenvalue weighted by Crippen LogP contribution is 2.33. The van der Waals surface area contributed by atoms with Crippen molar-refractivity contribution >= 4 is 29.2 Å². The molecule has 2 N–H and O–H groups in total. The van der Waals surface area contributed by atoms with Gasteiger partial charge >= 0.3 is 12.1 Å². The van der Waals surface area contributed by atoms with E-state index in [1.807, 2.05) is 24.4 Å². The fourth-order valence-electron chi connectivity index (χ4n) is 4.46. The van der Waals surface area contributed by atoms with Crippen LogP contribution in [0, 0.1) is 17.3 Å². The van der Waals surface area contributed by atoms with Crippen LogP contribution in [0.1, 0.15) is 64.6 Å². The maximum atomic E-state index is 13.9. The molecule has 1 aromatic rings. The van der Waals surface area contributed by atoms with Gasteiger partial charge in [0.15, 0.2) is 0 Å². The Labute approximate surface area is 238 Å². The molecule has 224 valence electrons. The number of aromatic nitrogens is 1. The number of hydrogen-bond donors (Lipinski definition) is 2. The number of rotatable bonds is 4. The topological polar surface area (TPSA) is 100.0 Å². The number of aliphatic hydroxyl groups excluding tert-OH is 2. The fraction of sp³-hybridized carbons (Fsp3) is 0.621. The summed E-state index contributed by atoms with van der Waals surface area (Å²) in [5.41, 5.74) is -1.12. The first-order valence-corrected chi connectivity index (χ1v) is 14.1. The Morgan fingerprint density at radius 2 is 1.90 bits per heavy atom. The number of carbonyl (C=O) groups excluding carboxylic acids is 2. The Hall–Kier alpha value is -2.34. The second kappa shape index (κ2) is 14.0. The van der Waals surface area contributed by atoms with Crippen LogP contribution in [-0.4, -0.2) is 70.4 Å². The smallest absolute Gasteiger partial charge is 0.412 e. The molecule has 11 heteroatoms. The Morgan fingerprint density at radius 3 is 2.50 bits per heavy atom. The van der Waals surface area contributed by atoms with Gasteiger partial charge in [0.1, 0.15) is 16.9 Å². The zero-order valence-corrected chi connectivity index (χ0v) is 25.0. The number of halogens is 3. The van der Waals surface area contributed by atoms with Crippen molar-refractivity contribution in [3.8, 4) is 0 Å². The summed E-state index contributed by atoms with van der Waals surface area (Å²) in [4.78, 5) is 32.6. The van der Waals surface area contributed by atoms with E-state index in [4.69, 9.17) is 4.74 Å². The van der Waals surface area contributed by atoms with Crippen LogP contribution >= 0.6 is 11.3 Å².